The molecule has 0 aromatic rings. The highest BCUT2D eigenvalue weighted by Crippen LogP contribution is 2.34. The summed E-state index contributed by atoms with van der Waals surface area (Å²) in [7, 11) is 0. The van der Waals surface area contributed by atoms with Crippen molar-refractivity contribution in [1.29, 1.82) is 0 Å². The summed E-state index contributed by atoms with van der Waals surface area (Å²) in [6, 6.07) is 10.5. The van der Waals surface area contributed by atoms with E-state index in [4.69, 9.17) is 0 Å². The molecule has 0 aromatic carbocycles. The van der Waals surface area contributed by atoms with Gasteiger partial charge in [-0.1, -0.05) is 27.7 Å². The number of piperazine rings is 2. The van der Waals surface area contributed by atoms with E-state index in [0.717, 1.165) is 108 Å². The highest BCUT2D eigenvalue weighted by Gasteiger charge is 2.44. The van der Waals surface area contributed by atoms with Crippen LogP contribution in [0.4, 0.5) is 0 Å². The lowest BCUT2D eigenvalue weighted by atomic mass is 9.83. The van der Waals surface area contributed by atoms with Crippen LogP contribution in [0.5, 0.6) is 0 Å². The van der Waals surface area contributed by atoms with Crippen molar-refractivity contribution in [3.05, 3.63) is 0 Å². The summed E-state index contributed by atoms with van der Waals surface area (Å²) in [5.41, 5.74) is 0. The van der Waals surface area contributed by atoms with Gasteiger partial charge in [-0.15, -0.1) is 0 Å². The molecule has 12 heteroatoms. The number of likely N-dealkylation sites (tertiary alicyclic amines) is 6. The van der Waals surface area contributed by atoms with Gasteiger partial charge < -0.3 is 29.4 Å². The van der Waals surface area contributed by atoms with E-state index in [-0.39, 0.29) is 0 Å². The molecule has 9 fully saturated rings. The SMILES string of the molecule is CC(C)C1CCN(C(C)C)CC1.CC(C)C1CN(C(C)C)C1.CC(C)N1CC2CC(C1)CN(C(C)C)C2.CC(C)N1CC2CC1CN2C(C)C.CC(C)N1CCCN(C(C)C)CC1.CC(C)N1CCCN(C(C)C)CCC1.CC(C)N1CCN(C(C)C)CC1. The fourth-order valence-corrected chi connectivity index (χ4v) is 15.7. The minimum atomic E-state index is 0.715. The van der Waals surface area contributed by atoms with Crippen LogP contribution >= 0.6 is 0 Å². The third-order valence-electron chi connectivity index (χ3n) is 22.7. The fourth-order valence-electron chi connectivity index (χ4n) is 15.7. The number of nitrogens with zero attached hydrogens (tertiary/aromatic N) is 12. The number of hydrogen-bond donors (Lipinski definition) is 0. The Balaban J connectivity index is 0.000000272. The van der Waals surface area contributed by atoms with E-state index in [2.05, 4.69) is 253 Å². The average molecular weight is 1260 g/mol. The molecule has 12 nitrogen and oxygen atoms in total. The molecular formula is C77H162N12. The van der Waals surface area contributed by atoms with Crippen LogP contribution < -0.4 is 0 Å². The quantitative estimate of drug-likeness (QED) is 0.166. The lowest BCUT2D eigenvalue weighted by Gasteiger charge is -2.48. The number of rotatable bonds is 14. The summed E-state index contributed by atoms with van der Waals surface area (Å²) in [6.45, 7) is 93.1. The maximum atomic E-state index is 2.68. The molecule has 9 aliphatic heterocycles. The first kappa shape index (κ1) is 82.7. The number of piperidine rings is 3. The van der Waals surface area contributed by atoms with Crippen molar-refractivity contribution in [3.8, 4) is 0 Å². The molecule has 9 heterocycles. The lowest BCUT2D eigenvalue weighted by Crippen LogP contribution is -2.55. The van der Waals surface area contributed by atoms with E-state index >= 15 is 0 Å². The maximum absolute atomic E-state index is 2.68. The Kier molecular flexibility index (Phi) is 39.3. The summed E-state index contributed by atoms with van der Waals surface area (Å²) in [5.74, 6) is 5.60. The van der Waals surface area contributed by atoms with Crippen LogP contribution in [0.25, 0.3) is 0 Å². The molecule has 0 amide bonds. The number of hydrogen-bond acceptors (Lipinski definition) is 12. The van der Waals surface area contributed by atoms with Crippen LogP contribution in [0.1, 0.15) is 239 Å². The molecule has 0 aromatic heterocycles. The molecule has 0 aliphatic carbocycles. The summed E-state index contributed by atoms with van der Waals surface area (Å²) in [5, 5.41) is 0. The molecule has 0 saturated carbocycles. The third-order valence-corrected chi connectivity index (χ3v) is 22.7. The summed E-state index contributed by atoms with van der Waals surface area (Å²) in [4.78, 5) is 31.3. The van der Waals surface area contributed by atoms with Crippen molar-refractivity contribution in [1.82, 2.24) is 58.8 Å². The molecule has 9 saturated heterocycles. The Morgan fingerprint density at radius 1 is 0.202 bits per heavy atom. The monoisotopic (exact) mass is 1260 g/mol. The van der Waals surface area contributed by atoms with Crippen LogP contribution in [-0.2, 0) is 0 Å². The van der Waals surface area contributed by atoms with Crippen LogP contribution in [0.2, 0.25) is 0 Å². The van der Waals surface area contributed by atoms with Gasteiger partial charge in [-0.3, -0.25) is 29.4 Å². The maximum Gasteiger partial charge on any atom is 0.0242 e. The molecule has 0 N–H and O–H groups in total. The van der Waals surface area contributed by atoms with Crippen molar-refractivity contribution < 1.29 is 0 Å². The Labute approximate surface area is 559 Å². The van der Waals surface area contributed by atoms with Crippen LogP contribution in [-0.4, -0.2) is 287 Å². The van der Waals surface area contributed by atoms with Crippen molar-refractivity contribution in [3.63, 3.8) is 0 Å². The first-order valence-corrected chi connectivity index (χ1v) is 38.6. The third kappa shape index (κ3) is 29.8. The Morgan fingerprint density at radius 2 is 0.427 bits per heavy atom. The first-order valence-electron chi connectivity index (χ1n) is 38.6. The second-order valence-corrected chi connectivity index (χ2v) is 33.8. The van der Waals surface area contributed by atoms with Gasteiger partial charge >= 0.3 is 0 Å². The van der Waals surface area contributed by atoms with Gasteiger partial charge in [-0.2, -0.15) is 0 Å². The van der Waals surface area contributed by atoms with E-state index < -0.39 is 0 Å². The lowest BCUT2D eigenvalue weighted by molar-refractivity contribution is 0.00570. The van der Waals surface area contributed by atoms with Crippen molar-refractivity contribution in [2.75, 3.05) is 144 Å². The molecule has 9 rings (SSSR count). The van der Waals surface area contributed by atoms with Gasteiger partial charge in [-0.25, -0.2) is 0 Å². The molecule has 530 valence electrons. The predicted molar refractivity (Wildman–Crippen MR) is 394 cm³/mol. The zero-order valence-electron chi connectivity index (χ0n) is 65.4. The van der Waals surface area contributed by atoms with E-state index in [1.807, 2.05) is 0 Å². The fraction of sp³-hybridized carbons (Fsp3) is 1.00. The van der Waals surface area contributed by atoms with Gasteiger partial charge in [0.1, 0.15) is 0 Å². The standard InChI is InChI=1S/C13H26N2.C12H26N2.C11H22N2.C11H24N2.C11H23N.C10H22N2.C9H19N/c1-10(2)14-6-12-5-13(7-14)9-15(8-12)11(3)4;1-11(2)13-7-5-9-14(12(3)4)10-6-8-13;1-8(2)12-6-11-5-10(12)7-13(11)9(3)4;1-10(2)12-6-5-7-13(9-8-12)11(3)4;2*1-9(2)11-5-7-12(8-6-11)10(3)4;1-7(2)9-5-10(6-9)8(3)4/h10-13H,5-9H2,1-4H3;11-12H,5-10H2,1-4H3;8-11H,5-7H2,1-4H3;10-11H,5-9H2,1-4H3;9-11H,5-8H2,1-4H3;9-10H,5-8H2,1-4H3;7-9H,5-6H2,1-4H3. The molecule has 0 spiro atoms. The zero-order chi connectivity index (χ0) is 67.0. The van der Waals surface area contributed by atoms with Gasteiger partial charge in [0.25, 0.3) is 0 Å². The molecule has 89 heavy (non-hydrogen) atoms. The van der Waals surface area contributed by atoms with Gasteiger partial charge in [0.05, 0.1) is 0 Å². The topological polar surface area (TPSA) is 38.9 Å². The second-order valence-electron chi connectivity index (χ2n) is 33.8. The van der Waals surface area contributed by atoms with Gasteiger partial charge in [0.2, 0.25) is 0 Å². The van der Waals surface area contributed by atoms with Crippen LogP contribution in [0.15, 0.2) is 0 Å². The van der Waals surface area contributed by atoms with E-state index in [9.17, 15) is 0 Å². The molecule has 0 radical (unpaired) electrons. The Hall–Kier alpha value is -0.480. The smallest absolute Gasteiger partial charge is 0.0242 e. The molecule has 2 atom stereocenters. The van der Waals surface area contributed by atoms with Crippen molar-refractivity contribution in [2.24, 2.45) is 35.5 Å². The normalized spacial score (nSPS) is 26.4. The van der Waals surface area contributed by atoms with Gasteiger partial charge in [0, 0.05) is 176 Å². The van der Waals surface area contributed by atoms with Gasteiger partial charge in [0.15, 0.2) is 0 Å². The van der Waals surface area contributed by atoms with Crippen molar-refractivity contribution in [2.45, 2.75) is 323 Å². The molecule has 2 unspecified atom stereocenters. The zero-order valence-corrected chi connectivity index (χ0v) is 65.4. The highest BCUT2D eigenvalue weighted by atomic mass is 15.4. The largest absolute Gasteiger partial charge is 0.301 e. The first-order chi connectivity index (χ1) is 41.7. The molecule has 9 aliphatic rings. The number of fused-ring (bicyclic) bond motifs is 4. The summed E-state index contributed by atoms with van der Waals surface area (Å²) in [6.07, 6.45) is 9.71. The Morgan fingerprint density at radius 3 is 0.652 bits per heavy atom. The van der Waals surface area contributed by atoms with E-state index in [1.54, 1.807) is 0 Å². The minimum absolute atomic E-state index is 0.715. The van der Waals surface area contributed by atoms with Crippen LogP contribution in [0.3, 0.4) is 0 Å². The minimum Gasteiger partial charge on any atom is -0.301 e. The highest BCUT2D eigenvalue weighted by molar-refractivity contribution is 5.01. The Bertz CT molecular complexity index is 1570. The predicted octanol–water partition coefficient (Wildman–Crippen LogP) is 13.8. The van der Waals surface area contributed by atoms with Crippen LogP contribution in [0, 0.1) is 35.5 Å². The average Bonchev–Trinajstić information content (AvgIpc) is 1.81. The van der Waals surface area contributed by atoms with Gasteiger partial charge in [-0.05, 0) is 299 Å². The second kappa shape index (κ2) is 42.3. The van der Waals surface area contributed by atoms with E-state index in [0.29, 0.717) is 12.1 Å². The molecular weight excluding hydrogens is 1090 g/mol. The summed E-state index contributed by atoms with van der Waals surface area (Å²) < 4.78 is 0. The summed E-state index contributed by atoms with van der Waals surface area (Å²) >= 11 is 0. The van der Waals surface area contributed by atoms with Crippen molar-refractivity contribution >= 4 is 0 Å². The van der Waals surface area contributed by atoms with E-state index in [1.165, 1.54) is 189 Å². The molecule has 4 bridgehead atoms.